The van der Waals surface area contributed by atoms with Crippen LogP contribution in [0, 0.1) is 5.82 Å². The zero-order valence-corrected chi connectivity index (χ0v) is 19.4. The van der Waals surface area contributed by atoms with Gasteiger partial charge in [-0.05, 0) is 55.0 Å². The number of nitrogens with one attached hydrogen (secondary N) is 1. The van der Waals surface area contributed by atoms with Crippen molar-refractivity contribution >= 4 is 21.7 Å². The maximum atomic E-state index is 13.2. The quantitative estimate of drug-likeness (QED) is 0.440. The molecule has 2 N–H and O–H groups in total. The fourth-order valence-electron chi connectivity index (χ4n) is 3.20. The minimum Gasteiger partial charge on any atom is -0.462 e. The molecule has 2 aromatic carbocycles. The molecule has 0 radical (unpaired) electrons. The number of amides is 1. The van der Waals surface area contributed by atoms with Crippen LogP contribution in [0.25, 0.3) is 11.3 Å². The van der Waals surface area contributed by atoms with Gasteiger partial charge in [-0.3, -0.25) is 14.3 Å². The number of aliphatic hydroxyl groups excluding tert-OH is 1. The van der Waals surface area contributed by atoms with Crippen LogP contribution in [0.1, 0.15) is 29.0 Å². The molecule has 9 nitrogen and oxygen atoms in total. The van der Waals surface area contributed by atoms with Gasteiger partial charge in [0.2, 0.25) is 0 Å². The molecule has 1 heterocycles. The van der Waals surface area contributed by atoms with Crippen molar-refractivity contribution < 1.29 is 32.2 Å². The van der Waals surface area contributed by atoms with E-state index in [1.54, 1.807) is 44.3 Å². The summed E-state index contributed by atoms with van der Waals surface area (Å²) in [5, 5.41) is 15.8. The molecule has 0 spiro atoms. The third-order valence-electron chi connectivity index (χ3n) is 5.00. The maximum Gasteiger partial charge on any atom is 0.321 e. The fraction of sp³-hybridized carbons (Fsp3) is 0.261. The van der Waals surface area contributed by atoms with Gasteiger partial charge in [0.1, 0.15) is 18.1 Å². The van der Waals surface area contributed by atoms with Crippen LogP contribution in [0.3, 0.4) is 0 Å². The van der Waals surface area contributed by atoms with Gasteiger partial charge in [0, 0.05) is 12.6 Å². The van der Waals surface area contributed by atoms with Crippen molar-refractivity contribution in [3.63, 3.8) is 0 Å². The second-order valence-electron chi connectivity index (χ2n) is 7.51. The lowest BCUT2D eigenvalue weighted by molar-refractivity contribution is -0.141. The van der Waals surface area contributed by atoms with Crippen LogP contribution >= 0.6 is 0 Å². The minimum atomic E-state index is -3.91. The molecule has 1 amide bonds. The van der Waals surface area contributed by atoms with Crippen molar-refractivity contribution in [2.24, 2.45) is 7.05 Å². The summed E-state index contributed by atoms with van der Waals surface area (Å²) >= 11 is 0. The number of ether oxygens (including phenoxy) is 1. The van der Waals surface area contributed by atoms with E-state index in [1.165, 1.54) is 28.9 Å². The van der Waals surface area contributed by atoms with Gasteiger partial charge < -0.3 is 15.2 Å². The SMILES string of the molecule is C[C@@H](NC(=O)c1cc(-c2ccc(F)cc2)nn1C)c1ccc(S(=O)(=O)CC(=O)OCCO)cc1. The van der Waals surface area contributed by atoms with Crippen LogP contribution in [-0.2, 0) is 26.4 Å². The van der Waals surface area contributed by atoms with Crippen molar-refractivity contribution in [3.8, 4) is 11.3 Å². The Morgan fingerprint density at radius 2 is 1.79 bits per heavy atom. The lowest BCUT2D eigenvalue weighted by Gasteiger charge is -2.15. The number of aromatic nitrogens is 2. The summed E-state index contributed by atoms with van der Waals surface area (Å²) in [5.74, 6) is -2.55. The van der Waals surface area contributed by atoms with Crippen molar-refractivity contribution in [2.45, 2.75) is 17.9 Å². The number of aryl methyl sites for hydroxylation is 1. The normalized spacial score (nSPS) is 12.2. The van der Waals surface area contributed by atoms with E-state index in [-0.39, 0.29) is 23.2 Å². The first-order valence-corrected chi connectivity index (χ1v) is 12.0. The van der Waals surface area contributed by atoms with Crippen LogP contribution in [0.15, 0.2) is 59.5 Å². The molecule has 0 saturated heterocycles. The summed E-state index contributed by atoms with van der Waals surface area (Å²) in [7, 11) is -2.29. The predicted octanol–water partition coefficient (Wildman–Crippen LogP) is 2.03. The molecule has 1 atom stereocenters. The zero-order valence-electron chi connectivity index (χ0n) is 18.6. The van der Waals surface area contributed by atoms with Gasteiger partial charge in [-0.2, -0.15) is 5.10 Å². The summed E-state index contributed by atoms with van der Waals surface area (Å²) < 4.78 is 43.9. The first-order valence-electron chi connectivity index (χ1n) is 10.3. The highest BCUT2D eigenvalue weighted by Crippen LogP contribution is 2.21. The van der Waals surface area contributed by atoms with Gasteiger partial charge in [-0.25, -0.2) is 12.8 Å². The van der Waals surface area contributed by atoms with Gasteiger partial charge in [-0.15, -0.1) is 0 Å². The number of carbonyl (C=O) groups excluding carboxylic acids is 2. The third kappa shape index (κ3) is 6.06. The molecule has 0 bridgehead atoms. The first-order chi connectivity index (χ1) is 16.1. The molecule has 3 rings (SSSR count). The fourth-order valence-corrected chi connectivity index (χ4v) is 4.31. The second kappa shape index (κ2) is 10.6. The molecule has 0 saturated carbocycles. The average molecular weight is 490 g/mol. The number of nitrogens with zero attached hydrogens (tertiary/aromatic N) is 2. The number of esters is 1. The van der Waals surface area contributed by atoms with E-state index in [0.29, 0.717) is 22.5 Å². The highest BCUT2D eigenvalue weighted by molar-refractivity contribution is 7.92. The number of hydrogen-bond donors (Lipinski definition) is 2. The Balaban J connectivity index is 1.68. The van der Waals surface area contributed by atoms with Gasteiger partial charge in [0.15, 0.2) is 15.6 Å². The second-order valence-corrected chi connectivity index (χ2v) is 9.50. The van der Waals surface area contributed by atoms with Crippen molar-refractivity contribution in [1.29, 1.82) is 0 Å². The van der Waals surface area contributed by atoms with E-state index >= 15 is 0 Å². The van der Waals surface area contributed by atoms with E-state index in [2.05, 4.69) is 15.2 Å². The number of aliphatic hydroxyl groups is 1. The van der Waals surface area contributed by atoms with Crippen molar-refractivity contribution in [3.05, 3.63) is 71.7 Å². The number of hydrogen-bond acceptors (Lipinski definition) is 7. The van der Waals surface area contributed by atoms with Crippen LogP contribution in [0.4, 0.5) is 4.39 Å². The van der Waals surface area contributed by atoms with Crippen LogP contribution in [0.2, 0.25) is 0 Å². The lowest BCUT2D eigenvalue weighted by atomic mass is 10.1. The predicted molar refractivity (Wildman–Crippen MR) is 121 cm³/mol. The molecule has 0 aliphatic carbocycles. The Kier molecular flexibility index (Phi) is 7.79. The van der Waals surface area contributed by atoms with E-state index in [1.807, 2.05) is 0 Å². The smallest absolute Gasteiger partial charge is 0.321 e. The van der Waals surface area contributed by atoms with E-state index < -0.39 is 34.2 Å². The van der Waals surface area contributed by atoms with Gasteiger partial charge >= 0.3 is 5.97 Å². The monoisotopic (exact) mass is 489 g/mol. The van der Waals surface area contributed by atoms with Crippen LogP contribution in [0.5, 0.6) is 0 Å². The Morgan fingerprint density at radius 3 is 2.41 bits per heavy atom. The van der Waals surface area contributed by atoms with Gasteiger partial charge in [0.25, 0.3) is 5.91 Å². The number of sulfone groups is 1. The summed E-state index contributed by atoms with van der Waals surface area (Å²) in [6.45, 7) is 1.08. The average Bonchev–Trinajstić information content (AvgIpc) is 3.19. The van der Waals surface area contributed by atoms with E-state index in [9.17, 15) is 22.4 Å². The summed E-state index contributed by atoms with van der Waals surface area (Å²) in [6.07, 6.45) is 0. The molecular weight excluding hydrogens is 465 g/mol. The molecule has 0 aliphatic heterocycles. The van der Waals surface area contributed by atoms with Crippen molar-refractivity contribution in [2.75, 3.05) is 19.0 Å². The zero-order chi connectivity index (χ0) is 24.9. The molecule has 11 heteroatoms. The Morgan fingerprint density at radius 1 is 1.15 bits per heavy atom. The molecule has 0 aliphatic rings. The minimum absolute atomic E-state index is 0.0636. The molecule has 3 aromatic rings. The summed E-state index contributed by atoms with van der Waals surface area (Å²) in [6, 6.07) is 12.7. The van der Waals surface area contributed by atoms with Gasteiger partial charge in [0.05, 0.1) is 23.2 Å². The number of carbonyl (C=O) groups is 2. The van der Waals surface area contributed by atoms with Crippen LogP contribution < -0.4 is 5.32 Å². The van der Waals surface area contributed by atoms with E-state index in [4.69, 9.17) is 5.11 Å². The molecule has 34 heavy (non-hydrogen) atoms. The highest BCUT2D eigenvalue weighted by atomic mass is 32.2. The standard InChI is InChI=1S/C23H24FN3O6S/c1-15(16-5-9-19(10-6-16)34(31,32)14-22(29)33-12-11-28)25-23(30)21-13-20(26-27(21)2)17-3-7-18(24)8-4-17/h3-10,13,15,28H,11-12,14H2,1-2H3,(H,25,30)/t15-/m1/s1. The van der Waals surface area contributed by atoms with Gasteiger partial charge in [-0.1, -0.05) is 12.1 Å². The topological polar surface area (TPSA) is 128 Å². The largest absolute Gasteiger partial charge is 0.462 e. The Labute approximate surface area is 196 Å². The maximum absolute atomic E-state index is 13.2. The molecule has 180 valence electrons. The number of benzene rings is 2. The first kappa shape index (κ1) is 25.1. The molecule has 1 aromatic heterocycles. The molecule has 0 unspecified atom stereocenters. The highest BCUT2D eigenvalue weighted by Gasteiger charge is 2.22. The Hall–Kier alpha value is -3.57. The molecular formula is C23H24FN3O6S. The van der Waals surface area contributed by atoms with E-state index in [0.717, 1.165) is 0 Å². The lowest BCUT2D eigenvalue weighted by Crippen LogP contribution is -2.28. The Bertz CT molecular complexity index is 1270. The van der Waals surface area contributed by atoms with Crippen molar-refractivity contribution in [1.82, 2.24) is 15.1 Å². The number of halogens is 1. The summed E-state index contributed by atoms with van der Waals surface area (Å²) in [4.78, 5) is 24.3. The molecule has 0 fully saturated rings. The number of rotatable bonds is 9. The summed E-state index contributed by atoms with van der Waals surface area (Å²) in [5.41, 5.74) is 2.14. The third-order valence-corrected chi connectivity index (χ3v) is 6.61. The van der Waals surface area contributed by atoms with Crippen LogP contribution in [-0.4, -0.2) is 54.1 Å².